The zero-order valence-electron chi connectivity index (χ0n) is 33.6. The maximum Gasteiger partial charge on any atom is 0.294 e. The molecule has 1 heterocycles. The number of anilines is 3. The van der Waals surface area contributed by atoms with Crippen LogP contribution in [0.3, 0.4) is 0 Å². The van der Waals surface area contributed by atoms with Gasteiger partial charge in [0.2, 0.25) is 15.8 Å². The lowest BCUT2D eigenvalue weighted by Gasteiger charge is -2.23. The number of aliphatic imine (C=N–C) groups is 1. The summed E-state index contributed by atoms with van der Waals surface area (Å²) in [4.78, 5) is 45.7. The molecule has 0 bridgehead atoms. The van der Waals surface area contributed by atoms with Gasteiger partial charge in [0.25, 0.3) is 11.5 Å². The van der Waals surface area contributed by atoms with Gasteiger partial charge in [0.05, 0.1) is 45.3 Å². The van der Waals surface area contributed by atoms with Crippen LogP contribution in [0.2, 0.25) is 10.0 Å². The zero-order chi connectivity index (χ0) is 41.5. The van der Waals surface area contributed by atoms with Gasteiger partial charge in [-0.3, -0.25) is 14.3 Å². The van der Waals surface area contributed by atoms with Crippen LogP contribution in [0.4, 0.5) is 22.7 Å². The predicted octanol–water partition coefficient (Wildman–Crippen LogP) is 9.09. The Labute approximate surface area is 346 Å². The molecule has 0 saturated carbocycles. The molecule has 1 aromatic heterocycles. The second kappa shape index (κ2) is 22.1. The van der Waals surface area contributed by atoms with Crippen molar-refractivity contribution in [2.24, 2.45) is 4.99 Å². The first-order valence-electron chi connectivity index (χ1n) is 19.8. The number of nitrogens with zero attached hydrogens (tertiary/aromatic N) is 4. The van der Waals surface area contributed by atoms with E-state index < -0.39 is 27.6 Å². The van der Waals surface area contributed by atoms with Gasteiger partial charge >= 0.3 is 0 Å². The summed E-state index contributed by atoms with van der Waals surface area (Å²) in [5.74, 6) is -1.00. The van der Waals surface area contributed by atoms with Crippen LogP contribution in [0, 0.1) is 6.92 Å². The molecule has 0 aliphatic carbocycles. The topological polar surface area (TPSA) is 155 Å². The first kappa shape index (κ1) is 45.5. The predicted molar refractivity (Wildman–Crippen MR) is 234 cm³/mol. The Bertz CT molecular complexity index is 2180. The molecule has 4 rings (SSSR count). The Morgan fingerprint density at radius 1 is 0.947 bits per heavy atom. The number of hydrogen-bond donors (Lipinski definition) is 3. The Hall–Kier alpha value is -4.17. The SMILES string of the molecule is CCCCCCCCCCCCS(=O)(=O)Nc1ccc(Cl)c(NC(=O)/C(=N/c2ccc(N(CC)CCO)cc2C)c2nc3ccc(Cl)cc3c(=O)n2OC(C)C)c1. The van der Waals surface area contributed by atoms with E-state index in [0.29, 0.717) is 35.8 Å². The van der Waals surface area contributed by atoms with Crippen LogP contribution < -0.4 is 25.3 Å². The van der Waals surface area contributed by atoms with Gasteiger partial charge in [-0.25, -0.2) is 18.4 Å². The molecule has 0 spiro atoms. The third-order valence-corrected chi connectivity index (χ3v) is 11.3. The van der Waals surface area contributed by atoms with E-state index in [-0.39, 0.29) is 51.2 Å². The molecule has 3 aromatic carbocycles. The van der Waals surface area contributed by atoms with Crippen molar-refractivity contribution in [2.45, 2.75) is 105 Å². The monoisotopic (exact) mass is 842 g/mol. The summed E-state index contributed by atoms with van der Waals surface area (Å²) in [5.41, 5.74) is 1.68. The number of aliphatic hydroxyl groups is 1. The van der Waals surface area contributed by atoms with E-state index in [9.17, 15) is 23.1 Å². The molecule has 3 N–H and O–H groups in total. The van der Waals surface area contributed by atoms with E-state index in [0.717, 1.165) is 29.7 Å². The van der Waals surface area contributed by atoms with E-state index in [1.165, 1.54) is 62.8 Å². The van der Waals surface area contributed by atoms with Gasteiger partial charge in [-0.15, -0.1) is 4.73 Å². The number of carbonyl (C=O) groups excluding carboxylic acids is 1. The maximum absolute atomic E-state index is 14.4. The molecular weight excluding hydrogens is 787 g/mol. The van der Waals surface area contributed by atoms with Gasteiger partial charge in [0.1, 0.15) is 6.10 Å². The van der Waals surface area contributed by atoms with Crippen molar-refractivity contribution in [1.29, 1.82) is 0 Å². The molecule has 0 fully saturated rings. The number of carbonyl (C=O) groups is 1. The fourth-order valence-electron chi connectivity index (χ4n) is 6.35. The summed E-state index contributed by atoms with van der Waals surface area (Å²) in [6, 6.07) is 14.5. The average molecular weight is 844 g/mol. The van der Waals surface area contributed by atoms with Crippen LogP contribution >= 0.6 is 23.2 Å². The molecule has 1 amide bonds. The van der Waals surface area contributed by atoms with E-state index in [2.05, 4.69) is 21.9 Å². The van der Waals surface area contributed by atoms with Gasteiger partial charge in [0.15, 0.2) is 5.71 Å². The number of likely N-dealkylation sites (N-methyl/N-ethyl adjacent to an activating group) is 1. The standard InChI is InChI=1S/C42H56Cl2N6O6S/c1-6-8-9-10-11-12-13-14-15-16-25-57(54,55)48-32-18-20-35(44)38(28-32)47-41(52)39(45-36-22-19-33(26-30(36)5)49(7-2)23-24-51)40-46-37-21-17-31(43)27-34(37)42(53)50(40)56-29(3)4/h17-22,26-29,48,51H,6-16,23-25H2,1-5H3,(H,47,52)/b45-39+. The second-order valence-corrected chi connectivity index (χ2v) is 17.0. The Morgan fingerprint density at radius 2 is 1.63 bits per heavy atom. The van der Waals surface area contributed by atoms with Gasteiger partial charge in [-0.2, -0.15) is 0 Å². The zero-order valence-corrected chi connectivity index (χ0v) is 35.9. The maximum atomic E-state index is 14.4. The van der Waals surface area contributed by atoms with Crippen LogP contribution in [0.15, 0.2) is 64.4 Å². The number of fused-ring (bicyclic) bond motifs is 1. The van der Waals surface area contributed by atoms with Crippen molar-refractivity contribution < 1.29 is 23.2 Å². The number of hydrogen-bond acceptors (Lipinski definition) is 9. The molecule has 0 aliphatic heterocycles. The second-order valence-electron chi connectivity index (χ2n) is 14.3. The number of aryl methyl sites for hydroxylation is 1. The fourth-order valence-corrected chi connectivity index (χ4v) is 7.86. The van der Waals surface area contributed by atoms with Crippen molar-refractivity contribution in [2.75, 3.05) is 40.4 Å². The Kier molecular flexibility index (Phi) is 17.7. The molecule has 0 radical (unpaired) electrons. The number of rotatable bonds is 23. The quantitative estimate of drug-likeness (QED) is 0.0494. The number of sulfonamides is 1. The number of halogens is 2. The van der Waals surface area contributed by atoms with Crippen LogP contribution in [0.25, 0.3) is 10.9 Å². The smallest absolute Gasteiger partial charge is 0.294 e. The highest BCUT2D eigenvalue weighted by molar-refractivity contribution is 7.92. The highest BCUT2D eigenvalue weighted by Gasteiger charge is 2.26. The number of unbranched alkanes of at least 4 members (excludes halogenated alkanes) is 9. The molecule has 0 atom stereocenters. The highest BCUT2D eigenvalue weighted by Crippen LogP contribution is 2.29. The van der Waals surface area contributed by atoms with Crippen molar-refractivity contribution in [3.05, 3.63) is 86.4 Å². The summed E-state index contributed by atoms with van der Waals surface area (Å²) in [6.45, 7) is 10.6. The van der Waals surface area contributed by atoms with Crippen molar-refractivity contribution in [1.82, 2.24) is 9.71 Å². The van der Waals surface area contributed by atoms with E-state index >= 15 is 0 Å². The lowest BCUT2D eigenvalue weighted by atomic mass is 10.1. The molecular formula is C42H56Cl2N6O6S. The normalized spacial score (nSPS) is 12.0. The molecule has 12 nitrogen and oxygen atoms in total. The number of nitrogens with one attached hydrogen (secondary N) is 2. The Morgan fingerprint density at radius 3 is 2.26 bits per heavy atom. The highest BCUT2D eigenvalue weighted by atomic mass is 35.5. The summed E-state index contributed by atoms with van der Waals surface area (Å²) >= 11 is 12.8. The van der Waals surface area contributed by atoms with Gasteiger partial charge in [-0.05, 0) is 94.3 Å². The van der Waals surface area contributed by atoms with Gasteiger partial charge in [0, 0.05) is 23.8 Å². The largest absolute Gasteiger partial charge is 0.406 e. The number of benzene rings is 3. The molecule has 0 aliphatic rings. The summed E-state index contributed by atoms with van der Waals surface area (Å²) < 4.78 is 29.7. The molecule has 0 unspecified atom stereocenters. The van der Waals surface area contributed by atoms with Crippen LogP contribution in [-0.2, 0) is 14.8 Å². The Balaban J connectivity index is 1.65. The lowest BCUT2D eigenvalue weighted by molar-refractivity contribution is -0.110. The first-order valence-corrected chi connectivity index (χ1v) is 22.2. The number of amides is 1. The van der Waals surface area contributed by atoms with Crippen LogP contribution in [0.5, 0.6) is 0 Å². The van der Waals surface area contributed by atoms with Crippen molar-refractivity contribution >= 4 is 78.5 Å². The molecule has 15 heteroatoms. The summed E-state index contributed by atoms with van der Waals surface area (Å²) in [5, 5.41) is 13.0. The summed E-state index contributed by atoms with van der Waals surface area (Å²) in [7, 11) is -3.69. The third kappa shape index (κ3) is 13.4. The van der Waals surface area contributed by atoms with E-state index in [4.69, 9.17) is 33.0 Å². The number of aromatic nitrogens is 2. The van der Waals surface area contributed by atoms with Gasteiger partial charge < -0.3 is 20.2 Å². The number of aliphatic hydroxyl groups excluding tert-OH is 1. The molecule has 0 saturated heterocycles. The molecule has 57 heavy (non-hydrogen) atoms. The summed E-state index contributed by atoms with van der Waals surface area (Å²) in [6.07, 6.45) is 10.4. The third-order valence-electron chi connectivity index (χ3n) is 9.32. The van der Waals surface area contributed by atoms with Crippen LogP contribution in [0.1, 0.15) is 103 Å². The fraction of sp³-hybridized carbons (Fsp3) is 0.476. The minimum absolute atomic E-state index is 0.0199. The van der Waals surface area contributed by atoms with Gasteiger partial charge in [-0.1, -0.05) is 87.9 Å². The molecule has 4 aromatic rings. The minimum Gasteiger partial charge on any atom is -0.406 e. The first-order chi connectivity index (χ1) is 27.3. The molecule has 310 valence electrons. The average Bonchev–Trinajstić information content (AvgIpc) is 3.16. The minimum atomic E-state index is -3.69. The van der Waals surface area contributed by atoms with E-state index in [1.807, 2.05) is 30.9 Å². The van der Waals surface area contributed by atoms with E-state index in [1.54, 1.807) is 32.0 Å². The van der Waals surface area contributed by atoms with Crippen molar-refractivity contribution in [3.8, 4) is 0 Å². The van der Waals surface area contributed by atoms with Crippen LogP contribution in [-0.4, -0.2) is 66.4 Å². The van der Waals surface area contributed by atoms with Crippen molar-refractivity contribution in [3.63, 3.8) is 0 Å². The lowest BCUT2D eigenvalue weighted by Crippen LogP contribution is -2.39.